The van der Waals surface area contributed by atoms with Crippen molar-refractivity contribution in [1.29, 1.82) is 0 Å². The Morgan fingerprint density at radius 2 is 1.90 bits per heavy atom. The monoisotopic (exact) mass is 362 g/mol. The summed E-state index contributed by atoms with van der Waals surface area (Å²) >= 11 is 2.93. The van der Waals surface area contributed by atoms with Gasteiger partial charge in [-0.1, -0.05) is 0 Å². The zero-order valence-electron chi connectivity index (χ0n) is 10.2. The number of carbonyl (C=O) groups is 1. The molecule has 1 aromatic carbocycles. The van der Waals surface area contributed by atoms with Crippen LogP contribution in [0.1, 0.15) is 15.9 Å². The minimum Gasteiger partial charge on any atom is -0.307 e. The average molecular weight is 363 g/mol. The summed E-state index contributed by atoms with van der Waals surface area (Å²) in [7, 11) is 0. The summed E-state index contributed by atoms with van der Waals surface area (Å²) in [5, 5.41) is 2.19. The molecule has 0 radical (unpaired) electrons. The van der Waals surface area contributed by atoms with E-state index < -0.39 is 23.5 Å². The van der Waals surface area contributed by atoms with Crippen molar-refractivity contribution in [2.75, 3.05) is 5.32 Å². The fraction of sp³-hybridized carbons (Fsp3) is 0.0769. The molecular formula is C13H7BrF4N2O. The number of hydrogen-bond donors (Lipinski definition) is 1. The van der Waals surface area contributed by atoms with Crippen LogP contribution in [-0.4, -0.2) is 10.9 Å². The van der Waals surface area contributed by atoms with E-state index >= 15 is 0 Å². The van der Waals surface area contributed by atoms with Crippen LogP contribution in [0.5, 0.6) is 0 Å². The van der Waals surface area contributed by atoms with Crippen LogP contribution >= 0.6 is 15.9 Å². The Balaban J connectivity index is 2.21. The van der Waals surface area contributed by atoms with Gasteiger partial charge in [-0.15, -0.1) is 0 Å². The number of benzene rings is 1. The van der Waals surface area contributed by atoms with Crippen molar-refractivity contribution in [1.82, 2.24) is 4.98 Å². The lowest BCUT2D eigenvalue weighted by Gasteiger charge is -2.09. The summed E-state index contributed by atoms with van der Waals surface area (Å²) in [6.07, 6.45) is -3.60. The van der Waals surface area contributed by atoms with Gasteiger partial charge in [-0.2, -0.15) is 13.2 Å². The quantitative estimate of drug-likeness (QED) is 0.811. The zero-order chi connectivity index (χ0) is 15.6. The molecule has 2 aromatic rings. The number of anilines is 1. The smallest absolute Gasteiger partial charge is 0.307 e. The van der Waals surface area contributed by atoms with Crippen LogP contribution in [0.15, 0.2) is 41.0 Å². The molecule has 0 atom stereocenters. The fourth-order valence-electron chi connectivity index (χ4n) is 1.50. The second kappa shape index (κ2) is 5.80. The number of nitrogens with one attached hydrogen (secondary N) is 1. The van der Waals surface area contributed by atoms with E-state index in [-0.39, 0.29) is 15.9 Å². The molecule has 1 heterocycles. The van der Waals surface area contributed by atoms with Crippen molar-refractivity contribution in [2.24, 2.45) is 0 Å². The third-order valence-corrected chi connectivity index (χ3v) is 3.15. The van der Waals surface area contributed by atoms with Gasteiger partial charge in [0.1, 0.15) is 11.6 Å². The molecule has 2 rings (SSSR count). The molecule has 110 valence electrons. The van der Waals surface area contributed by atoms with Gasteiger partial charge in [0.05, 0.1) is 10.0 Å². The topological polar surface area (TPSA) is 42.0 Å². The van der Waals surface area contributed by atoms with Crippen molar-refractivity contribution >= 4 is 27.7 Å². The third kappa shape index (κ3) is 3.78. The Morgan fingerprint density at radius 3 is 2.52 bits per heavy atom. The van der Waals surface area contributed by atoms with Gasteiger partial charge in [-0.25, -0.2) is 9.37 Å². The molecule has 0 spiro atoms. The first-order valence-electron chi connectivity index (χ1n) is 5.57. The summed E-state index contributed by atoms with van der Waals surface area (Å²) in [4.78, 5) is 15.4. The van der Waals surface area contributed by atoms with Crippen molar-refractivity contribution in [3.63, 3.8) is 0 Å². The number of carbonyl (C=O) groups excluding carboxylic acids is 1. The Hall–Kier alpha value is -1.96. The van der Waals surface area contributed by atoms with Gasteiger partial charge >= 0.3 is 6.18 Å². The summed E-state index contributed by atoms with van der Waals surface area (Å²) in [6.45, 7) is 0. The zero-order valence-corrected chi connectivity index (χ0v) is 11.8. The molecule has 0 saturated heterocycles. The van der Waals surface area contributed by atoms with Crippen LogP contribution in [0, 0.1) is 5.82 Å². The summed E-state index contributed by atoms with van der Waals surface area (Å²) < 4.78 is 51.1. The standard InChI is InChI=1S/C13H7BrF4N2O/c14-9-2-1-7(5-10(9)15)12(21)20-11-6-8(3-4-19-11)13(16,17)18/h1-6H,(H,19,20,21). The van der Waals surface area contributed by atoms with Crippen LogP contribution in [0.2, 0.25) is 0 Å². The lowest BCUT2D eigenvalue weighted by molar-refractivity contribution is -0.137. The highest BCUT2D eigenvalue weighted by molar-refractivity contribution is 9.10. The number of hydrogen-bond acceptors (Lipinski definition) is 2. The van der Waals surface area contributed by atoms with Gasteiger partial charge in [0.25, 0.3) is 5.91 Å². The van der Waals surface area contributed by atoms with E-state index in [0.29, 0.717) is 6.07 Å². The minimum atomic E-state index is -4.54. The molecule has 0 aliphatic carbocycles. The van der Waals surface area contributed by atoms with Crippen molar-refractivity contribution < 1.29 is 22.4 Å². The van der Waals surface area contributed by atoms with Gasteiger partial charge in [0.2, 0.25) is 0 Å². The highest BCUT2D eigenvalue weighted by atomic mass is 79.9. The summed E-state index contributed by atoms with van der Waals surface area (Å²) in [5.74, 6) is -1.67. The second-order valence-electron chi connectivity index (χ2n) is 4.01. The Bertz CT molecular complexity index is 688. The molecular weight excluding hydrogens is 356 g/mol. The molecule has 3 nitrogen and oxygen atoms in total. The molecule has 1 aromatic heterocycles. The molecule has 0 aliphatic rings. The van der Waals surface area contributed by atoms with Crippen LogP contribution in [0.4, 0.5) is 23.4 Å². The predicted molar refractivity (Wildman–Crippen MR) is 71.3 cm³/mol. The number of amides is 1. The summed E-state index contributed by atoms with van der Waals surface area (Å²) in [6, 6.07) is 5.11. The molecule has 21 heavy (non-hydrogen) atoms. The van der Waals surface area contributed by atoms with E-state index in [2.05, 4.69) is 26.2 Å². The maximum Gasteiger partial charge on any atom is 0.416 e. The van der Waals surface area contributed by atoms with Crippen LogP contribution in [-0.2, 0) is 6.18 Å². The van der Waals surface area contributed by atoms with E-state index in [1.807, 2.05) is 0 Å². The average Bonchev–Trinajstić information content (AvgIpc) is 2.41. The second-order valence-corrected chi connectivity index (χ2v) is 4.86. The minimum absolute atomic E-state index is 0.0325. The predicted octanol–water partition coefficient (Wildman–Crippen LogP) is 4.25. The normalized spacial score (nSPS) is 11.3. The molecule has 0 aliphatic heterocycles. The van der Waals surface area contributed by atoms with Crippen molar-refractivity contribution in [3.05, 3.63) is 57.9 Å². The molecule has 1 N–H and O–H groups in total. The van der Waals surface area contributed by atoms with E-state index in [1.54, 1.807) is 0 Å². The van der Waals surface area contributed by atoms with Crippen molar-refractivity contribution in [3.8, 4) is 0 Å². The maximum atomic E-state index is 13.3. The molecule has 0 fully saturated rings. The number of aromatic nitrogens is 1. The van der Waals surface area contributed by atoms with Gasteiger partial charge in [-0.3, -0.25) is 4.79 Å². The van der Waals surface area contributed by atoms with Gasteiger partial charge in [-0.05, 0) is 46.3 Å². The summed E-state index contributed by atoms with van der Waals surface area (Å²) in [5.41, 5.74) is -0.968. The number of halogens is 5. The maximum absolute atomic E-state index is 13.3. The highest BCUT2D eigenvalue weighted by Crippen LogP contribution is 2.30. The molecule has 8 heteroatoms. The molecule has 0 unspecified atom stereocenters. The Morgan fingerprint density at radius 1 is 1.19 bits per heavy atom. The number of alkyl halides is 3. The highest BCUT2D eigenvalue weighted by Gasteiger charge is 2.30. The van der Waals surface area contributed by atoms with E-state index in [9.17, 15) is 22.4 Å². The number of nitrogens with zero attached hydrogens (tertiary/aromatic N) is 1. The molecule has 0 bridgehead atoms. The molecule has 1 amide bonds. The first-order chi connectivity index (χ1) is 9.77. The fourth-order valence-corrected chi connectivity index (χ4v) is 1.75. The lowest BCUT2D eigenvalue weighted by atomic mass is 10.2. The first-order valence-corrected chi connectivity index (χ1v) is 6.36. The van der Waals surface area contributed by atoms with Gasteiger partial charge < -0.3 is 5.32 Å². The SMILES string of the molecule is O=C(Nc1cc(C(F)(F)F)ccn1)c1ccc(Br)c(F)c1. The Kier molecular flexibility index (Phi) is 4.26. The van der Waals surface area contributed by atoms with Gasteiger partial charge in [0.15, 0.2) is 0 Å². The van der Waals surface area contributed by atoms with E-state index in [1.165, 1.54) is 12.1 Å². The lowest BCUT2D eigenvalue weighted by Crippen LogP contribution is -2.14. The largest absolute Gasteiger partial charge is 0.416 e. The number of pyridine rings is 1. The first kappa shape index (κ1) is 15.4. The van der Waals surface area contributed by atoms with E-state index in [4.69, 9.17) is 0 Å². The molecule has 0 saturated carbocycles. The van der Waals surface area contributed by atoms with Crippen LogP contribution in [0.3, 0.4) is 0 Å². The van der Waals surface area contributed by atoms with E-state index in [0.717, 1.165) is 18.3 Å². The van der Waals surface area contributed by atoms with Crippen LogP contribution < -0.4 is 5.32 Å². The van der Waals surface area contributed by atoms with Crippen LogP contribution in [0.25, 0.3) is 0 Å². The third-order valence-electron chi connectivity index (χ3n) is 2.51. The van der Waals surface area contributed by atoms with Gasteiger partial charge in [0, 0.05) is 11.8 Å². The number of rotatable bonds is 2. The Labute approximate surface area is 125 Å². The van der Waals surface area contributed by atoms with Crippen molar-refractivity contribution in [2.45, 2.75) is 6.18 Å².